The quantitative estimate of drug-likeness (QED) is 0.394. The summed E-state index contributed by atoms with van der Waals surface area (Å²) in [7, 11) is 1.68. The first-order chi connectivity index (χ1) is 12.6. The van der Waals surface area contributed by atoms with Crippen LogP contribution in [-0.2, 0) is 6.54 Å². The van der Waals surface area contributed by atoms with Gasteiger partial charge in [0.05, 0.1) is 6.26 Å². The van der Waals surface area contributed by atoms with Gasteiger partial charge in [-0.25, -0.2) is 4.39 Å². The highest BCUT2D eigenvalue weighted by molar-refractivity contribution is 14.0. The second-order valence-electron chi connectivity index (χ2n) is 5.94. The van der Waals surface area contributed by atoms with Crippen molar-refractivity contribution >= 4 is 35.8 Å². The lowest BCUT2D eigenvalue weighted by Gasteiger charge is -2.36. The van der Waals surface area contributed by atoms with Crippen molar-refractivity contribution in [3.63, 3.8) is 0 Å². The summed E-state index contributed by atoms with van der Waals surface area (Å²) in [6.45, 7) is 2.78. The van der Waals surface area contributed by atoms with E-state index in [1.165, 1.54) is 18.4 Å². The highest BCUT2D eigenvalue weighted by Gasteiger charge is 2.25. The Morgan fingerprint density at radius 2 is 1.96 bits per heavy atom. The maximum absolute atomic E-state index is 13.4. The van der Waals surface area contributed by atoms with Gasteiger partial charge in [0.25, 0.3) is 5.91 Å². The lowest BCUT2D eigenvalue weighted by atomic mass is 10.2. The first-order valence-corrected chi connectivity index (χ1v) is 8.34. The summed E-state index contributed by atoms with van der Waals surface area (Å²) in [6.07, 6.45) is 1.49. The van der Waals surface area contributed by atoms with Crippen LogP contribution in [0.2, 0.25) is 0 Å². The highest BCUT2D eigenvalue weighted by Crippen LogP contribution is 2.16. The van der Waals surface area contributed by atoms with Crippen LogP contribution in [0.15, 0.2) is 46.0 Å². The predicted molar refractivity (Wildman–Crippen MR) is 110 cm³/mol. The van der Waals surface area contributed by atoms with Crippen LogP contribution in [0.1, 0.15) is 16.1 Å². The SMILES string of the molecule is CN=C(NCc1ccc(O)c(F)c1)N1CCN(C(=O)c2ccco2)CC1.I. The Morgan fingerprint density at radius 1 is 1.26 bits per heavy atom. The Hall–Kier alpha value is -2.30. The molecule has 27 heavy (non-hydrogen) atoms. The predicted octanol–water partition coefficient (Wildman–Crippen LogP) is 2.28. The molecule has 0 atom stereocenters. The minimum Gasteiger partial charge on any atom is -0.505 e. The summed E-state index contributed by atoms with van der Waals surface area (Å²) >= 11 is 0. The molecule has 1 saturated heterocycles. The first kappa shape index (κ1) is 21.0. The van der Waals surface area contributed by atoms with Crippen molar-refractivity contribution in [3.8, 4) is 5.75 Å². The van der Waals surface area contributed by atoms with Crippen molar-refractivity contribution in [3.05, 3.63) is 53.7 Å². The molecule has 9 heteroatoms. The highest BCUT2D eigenvalue weighted by atomic mass is 127. The molecular formula is C18H22FIN4O3. The number of nitrogens with one attached hydrogen (secondary N) is 1. The number of amides is 1. The summed E-state index contributed by atoms with van der Waals surface area (Å²) in [5.74, 6) is -0.101. The van der Waals surface area contributed by atoms with Crippen LogP contribution < -0.4 is 5.32 Å². The van der Waals surface area contributed by atoms with Gasteiger partial charge in [-0.1, -0.05) is 6.07 Å². The molecule has 0 aliphatic carbocycles. The van der Waals surface area contributed by atoms with E-state index in [2.05, 4.69) is 10.3 Å². The van der Waals surface area contributed by atoms with Crippen LogP contribution >= 0.6 is 24.0 Å². The molecule has 3 rings (SSSR count). The van der Waals surface area contributed by atoms with Gasteiger partial charge >= 0.3 is 0 Å². The minimum absolute atomic E-state index is 0. The van der Waals surface area contributed by atoms with Gasteiger partial charge in [0, 0.05) is 39.8 Å². The van der Waals surface area contributed by atoms with Crippen molar-refractivity contribution in [2.24, 2.45) is 4.99 Å². The molecule has 0 saturated carbocycles. The van der Waals surface area contributed by atoms with E-state index in [-0.39, 0.29) is 35.6 Å². The van der Waals surface area contributed by atoms with Crippen molar-refractivity contribution in [2.45, 2.75) is 6.54 Å². The molecule has 2 aromatic rings. The van der Waals surface area contributed by atoms with E-state index in [4.69, 9.17) is 4.42 Å². The van der Waals surface area contributed by atoms with Crippen molar-refractivity contribution in [1.29, 1.82) is 0 Å². The summed E-state index contributed by atoms with van der Waals surface area (Å²) in [5, 5.41) is 12.4. The summed E-state index contributed by atoms with van der Waals surface area (Å²) in [5.41, 5.74) is 0.702. The number of benzene rings is 1. The molecule has 1 aromatic carbocycles. The van der Waals surface area contributed by atoms with Crippen molar-refractivity contribution in [1.82, 2.24) is 15.1 Å². The fraction of sp³-hybridized carbons (Fsp3) is 0.333. The number of furan rings is 1. The monoisotopic (exact) mass is 488 g/mol. The molecule has 2 heterocycles. The number of guanidine groups is 1. The number of nitrogens with zero attached hydrogens (tertiary/aromatic N) is 3. The van der Waals surface area contributed by atoms with Crippen LogP contribution in [0.4, 0.5) is 4.39 Å². The van der Waals surface area contributed by atoms with E-state index in [0.717, 1.165) is 0 Å². The second kappa shape index (κ2) is 9.58. The Balaban J connectivity index is 0.00000261. The number of halogens is 2. The maximum Gasteiger partial charge on any atom is 0.289 e. The normalized spacial score (nSPS) is 14.7. The fourth-order valence-corrected chi connectivity index (χ4v) is 2.85. The number of carbonyl (C=O) groups is 1. The summed E-state index contributed by atoms with van der Waals surface area (Å²) in [6, 6.07) is 7.62. The molecule has 146 valence electrons. The molecular weight excluding hydrogens is 466 g/mol. The molecule has 0 spiro atoms. The van der Waals surface area contributed by atoms with E-state index in [1.54, 1.807) is 30.1 Å². The third-order valence-electron chi connectivity index (χ3n) is 4.27. The number of rotatable bonds is 3. The lowest BCUT2D eigenvalue weighted by molar-refractivity contribution is 0.0657. The number of carbonyl (C=O) groups excluding carboxylic acids is 1. The summed E-state index contributed by atoms with van der Waals surface area (Å²) in [4.78, 5) is 20.3. The van der Waals surface area contributed by atoms with E-state index in [0.29, 0.717) is 50.0 Å². The molecule has 1 aliphatic rings. The first-order valence-electron chi connectivity index (χ1n) is 8.34. The van der Waals surface area contributed by atoms with Gasteiger partial charge in [-0.05, 0) is 29.8 Å². The third-order valence-corrected chi connectivity index (χ3v) is 4.27. The number of aromatic hydroxyl groups is 1. The topological polar surface area (TPSA) is 81.3 Å². The van der Waals surface area contributed by atoms with Gasteiger partial charge in [0.1, 0.15) is 0 Å². The van der Waals surface area contributed by atoms with Gasteiger partial charge in [-0.2, -0.15) is 0 Å². The smallest absolute Gasteiger partial charge is 0.289 e. The molecule has 0 bridgehead atoms. The zero-order chi connectivity index (χ0) is 18.5. The van der Waals surface area contributed by atoms with E-state index in [9.17, 15) is 14.3 Å². The maximum atomic E-state index is 13.4. The van der Waals surface area contributed by atoms with Gasteiger partial charge in [-0.15, -0.1) is 24.0 Å². The van der Waals surface area contributed by atoms with Gasteiger partial charge in [-0.3, -0.25) is 9.79 Å². The van der Waals surface area contributed by atoms with Crippen LogP contribution in [0.3, 0.4) is 0 Å². The Labute approximate surface area is 173 Å². The van der Waals surface area contributed by atoms with Crippen LogP contribution in [0, 0.1) is 5.82 Å². The molecule has 1 aromatic heterocycles. The molecule has 1 amide bonds. The van der Waals surface area contributed by atoms with E-state index < -0.39 is 5.82 Å². The number of aliphatic imine (C=N–C) groups is 1. The molecule has 1 aliphatic heterocycles. The van der Waals surface area contributed by atoms with Crippen molar-refractivity contribution < 1.29 is 18.7 Å². The van der Waals surface area contributed by atoms with Gasteiger partial charge in [0.15, 0.2) is 23.3 Å². The summed E-state index contributed by atoms with van der Waals surface area (Å²) < 4.78 is 18.6. The third kappa shape index (κ3) is 5.12. The minimum atomic E-state index is -0.649. The van der Waals surface area contributed by atoms with Crippen molar-refractivity contribution in [2.75, 3.05) is 33.2 Å². The zero-order valence-electron chi connectivity index (χ0n) is 14.9. The van der Waals surface area contributed by atoms with E-state index in [1.807, 2.05) is 4.90 Å². The van der Waals surface area contributed by atoms with E-state index >= 15 is 0 Å². The number of phenolic OH excluding ortho intramolecular Hbond substituents is 1. The lowest BCUT2D eigenvalue weighted by Crippen LogP contribution is -2.53. The van der Waals surface area contributed by atoms with Crippen LogP contribution in [0.25, 0.3) is 0 Å². The zero-order valence-corrected chi connectivity index (χ0v) is 17.2. The average Bonchev–Trinajstić information content (AvgIpc) is 3.20. The van der Waals surface area contributed by atoms with Gasteiger partial charge in [0.2, 0.25) is 0 Å². The Morgan fingerprint density at radius 3 is 2.56 bits per heavy atom. The molecule has 0 unspecified atom stereocenters. The fourth-order valence-electron chi connectivity index (χ4n) is 2.85. The number of hydrogen-bond acceptors (Lipinski definition) is 4. The number of hydrogen-bond donors (Lipinski definition) is 2. The molecule has 1 fully saturated rings. The van der Waals surface area contributed by atoms with Gasteiger partial charge < -0.3 is 24.6 Å². The largest absolute Gasteiger partial charge is 0.505 e. The molecule has 7 nitrogen and oxygen atoms in total. The Bertz CT molecular complexity index is 790. The number of piperazine rings is 1. The second-order valence-corrected chi connectivity index (χ2v) is 5.94. The van der Waals surface area contributed by atoms with Crippen LogP contribution in [-0.4, -0.2) is 60.0 Å². The van der Waals surface area contributed by atoms with Crippen LogP contribution in [0.5, 0.6) is 5.75 Å². The average molecular weight is 488 g/mol. The standard InChI is InChI=1S/C18H21FN4O3.HI/c1-20-18(21-12-13-4-5-15(24)14(19)11-13)23-8-6-22(7-9-23)17(25)16-3-2-10-26-16;/h2-5,10-11,24H,6-9,12H2,1H3,(H,20,21);1H. The molecule has 0 radical (unpaired) electrons. The molecule has 2 N–H and O–H groups in total. The Kier molecular flexibility index (Phi) is 7.45. The number of phenols is 1.